The van der Waals surface area contributed by atoms with E-state index in [-0.39, 0.29) is 18.5 Å². The topological polar surface area (TPSA) is 109 Å². The van der Waals surface area contributed by atoms with Crippen molar-refractivity contribution < 1.29 is 27.8 Å². The summed E-state index contributed by atoms with van der Waals surface area (Å²) in [4.78, 5) is 11.5. The van der Waals surface area contributed by atoms with E-state index >= 15 is 0 Å². The van der Waals surface area contributed by atoms with E-state index in [0.717, 1.165) is 31.7 Å². The van der Waals surface area contributed by atoms with Crippen molar-refractivity contribution in [1.29, 1.82) is 0 Å². The molecule has 0 saturated carbocycles. The standard InChI is InChI=1S/C23H30F3N7O3/c1-22(2)35-16-12-33(20-4-3-19(30-31-20)32-7-5-14(13-34)6-8-32)11-15(21(16)36-22)28-18-10-27-9-17(29-18)23(24,25)26/h3-4,9-10,14-16,21,34H,5-8,11-13H2,1-2H3,(H,28,29)/t15-,16-,21+/m0/s1. The van der Waals surface area contributed by atoms with Gasteiger partial charge in [0.2, 0.25) is 0 Å². The average molecular weight is 510 g/mol. The van der Waals surface area contributed by atoms with Crippen molar-refractivity contribution in [1.82, 2.24) is 20.2 Å². The van der Waals surface area contributed by atoms with Crippen molar-refractivity contribution in [2.24, 2.45) is 5.92 Å². The Hall–Kier alpha value is -2.77. The summed E-state index contributed by atoms with van der Waals surface area (Å²) in [5.41, 5.74) is -1.06. The molecule has 0 spiro atoms. The van der Waals surface area contributed by atoms with E-state index in [4.69, 9.17) is 9.47 Å². The Labute approximate surface area is 206 Å². The number of aromatic nitrogens is 4. The van der Waals surface area contributed by atoms with E-state index < -0.39 is 29.8 Å². The Balaban J connectivity index is 1.33. The van der Waals surface area contributed by atoms with Crippen LogP contribution in [0.15, 0.2) is 24.5 Å². The van der Waals surface area contributed by atoms with Crippen LogP contribution < -0.4 is 15.1 Å². The largest absolute Gasteiger partial charge is 0.434 e. The van der Waals surface area contributed by atoms with Crippen LogP contribution >= 0.6 is 0 Å². The SMILES string of the molecule is CC1(C)O[C@@H]2[C@@H](Nc3cncc(C(F)(F)F)n3)CN(c3ccc(N4CCC(CO)CC4)nn3)C[C@@H]2O1. The fraction of sp³-hybridized carbons (Fsp3) is 0.652. The molecule has 3 aliphatic heterocycles. The molecule has 2 N–H and O–H groups in total. The number of rotatable bonds is 5. The second-order valence-electron chi connectivity index (χ2n) is 9.94. The number of aliphatic hydroxyl groups is 1. The van der Waals surface area contributed by atoms with Gasteiger partial charge in [-0.3, -0.25) is 4.98 Å². The zero-order valence-electron chi connectivity index (χ0n) is 20.1. The van der Waals surface area contributed by atoms with Gasteiger partial charge in [0.15, 0.2) is 23.1 Å². The van der Waals surface area contributed by atoms with Crippen molar-refractivity contribution in [2.45, 2.75) is 56.9 Å². The number of aliphatic hydroxyl groups excluding tert-OH is 1. The van der Waals surface area contributed by atoms with E-state index in [1.54, 1.807) is 0 Å². The molecule has 3 atom stereocenters. The smallest absolute Gasteiger partial charge is 0.396 e. The summed E-state index contributed by atoms with van der Waals surface area (Å²) in [6.07, 6.45) is -1.54. The van der Waals surface area contributed by atoms with Gasteiger partial charge in [-0.05, 0) is 44.7 Å². The van der Waals surface area contributed by atoms with Gasteiger partial charge < -0.3 is 29.7 Å². The first-order chi connectivity index (χ1) is 17.1. The number of nitrogens with one attached hydrogen (secondary N) is 1. The van der Waals surface area contributed by atoms with Gasteiger partial charge in [-0.25, -0.2) is 4.98 Å². The number of fused-ring (bicyclic) bond motifs is 1. The van der Waals surface area contributed by atoms with Crippen LogP contribution in [0.5, 0.6) is 0 Å². The Kier molecular flexibility index (Phi) is 6.64. The molecule has 0 radical (unpaired) electrons. The minimum atomic E-state index is -4.59. The molecule has 0 aromatic carbocycles. The molecule has 0 aliphatic carbocycles. The normalized spacial score (nSPS) is 26.7. The van der Waals surface area contributed by atoms with Gasteiger partial charge in [0.1, 0.15) is 18.0 Å². The maximum absolute atomic E-state index is 13.1. The third kappa shape index (κ3) is 5.32. The molecule has 2 aromatic heterocycles. The van der Waals surface area contributed by atoms with Crippen LogP contribution in [-0.4, -0.2) is 82.1 Å². The van der Waals surface area contributed by atoms with Crippen LogP contribution in [0.25, 0.3) is 0 Å². The highest BCUT2D eigenvalue weighted by Gasteiger charge is 2.49. The predicted octanol–water partition coefficient (Wildman–Crippen LogP) is 2.31. The first-order valence-corrected chi connectivity index (χ1v) is 12.1. The van der Waals surface area contributed by atoms with Gasteiger partial charge in [0.05, 0.1) is 18.4 Å². The fourth-order valence-corrected chi connectivity index (χ4v) is 5.06. The lowest BCUT2D eigenvalue weighted by Gasteiger charge is -2.39. The summed E-state index contributed by atoms with van der Waals surface area (Å²) < 4.78 is 51.6. The molecule has 0 amide bonds. The first-order valence-electron chi connectivity index (χ1n) is 12.1. The van der Waals surface area contributed by atoms with Gasteiger partial charge >= 0.3 is 6.18 Å². The van der Waals surface area contributed by atoms with Crippen LogP contribution in [0.4, 0.5) is 30.6 Å². The van der Waals surface area contributed by atoms with Crippen molar-refractivity contribution in [2.75, 3.05) is 47.9 Å². The fourth-order valence-electron chi connectivity index (χ4n) is 5.06. The number of halogens is 3. The quantitative estimate of drug-likeness (QED) is 0.623. The van der Waals surface area contributed by atoms with Crippen LogP contribution in [0.2, 0.25) is 0 Å². The van der Waals surface area contributed by atoms with Crippen molar-refractivity contribution in [3.63, 3.8) is 0 Å². The first kappa shape index (κ1) is 24.9. The highest BCUT2D eigenvalue weighted by atomic mass is 19.4. The second-order valence-corrected chi connectivity index (χ2v) is 9.94. The van der Waals surface area contributed by atoms with E-state index in [0.29, 0.717) is 31.0 Å². The van der Waals surface area contributed by atoms with Crippen LogP contribution in [0.3, 0.4) is 0 Å². The molecule has 10 nitrogen and oxygen atoms in total. The number of nitrogens with zero attached hydrogens (tertiary/aromatic N) is 6. The third-order valence-electron chi connectivity index (χ3n) is 6.85. The number of anilines is 3. The molecule has 3 fully saturated rings. The Bertz CT molecular complexity index is 1050. The minimum absolute atomic E-state index is 0.0106. The lowest BCUT2D eigenvalue weighted by Crippen LogP contribution is -2.57. The molecule has 5 heterocycles. The summed E-state index contributed by atoms with van der Waals surface area (Å²) in [7, 11) is 0. The van der Waals surface area contributed by atoms with Crippen molar-refractivity contribution in [3.05, 3.63) is 30.2 Å². The second kappa shape index (κ2) is 9.60. The van der Waals surface area contributed by atoms with Crippen LogP contribution in [0.1, 0.15) is 32.4 Å². The van der Waals surface area contributed by atoms with E-state index in [1.807, 2.05) is 30.9 Å². The summed E-state index contributed by atoms with van der Waals surface area (Å²) in [6.45, 7) is 6.36. The Morgan fingerprint density at radius 3 is 2.39 bits per heavy atom. The van der Waals surface area contributed by atoms with Crippen molar-refractivity contribution >= 4 is 17.5 Å². The molecular weight excluding hydrogens is 479 g/mol. The average Bonchev–Trinajstić information content (AvgIpc) is 3.18. The number of alkyl halides is 3. The highest BCUT2D eigenvalue weighted by Crippen LogP contribution is 2.36. The van der Waals surface area contributed by atoms with Crippen molar-refractivity contribution in [3.8, 4) is 0 Å². The number of piperidine rings is 2. The third-order valence-corrected chi connectivity index (χ3v) is 6.85. The van der Waals surface area contributed by atoms with Crippen LogP contribution in [0, 0.1) is 5.92 Å². The Morgan fingerprint density at radius 2 is 1.75 bits per heavy atom. The Morgan fingerprint density at radius 1 is 1.06 bits per heavy atom. The molecule has 2 aromatic rings. The number of hydrogen-bond donors (Lipinski definition) is 2. The molecule has 3 aliphatic rings. The predicted molar refractivity (Wildman–Crippen MR) is 125 cm³/mol. The summed E-state index contributed by atoms with van der Waals surface area (Å²) in [6, 6.07) is 3.38. The van der Waals surface area contributed by atoms with Crippen LogP contribution in [-0.2, 0) is 15.7 Å². The lowest BCUT2D eigenvalue weighted by atomic mass is 9.98. The molecule has 0 bridgehead atoms. The molecule has 5 rings (SSSR count). The van der Waals surface area contributed by atoms with E-state index in [2.05, 4.69) is 30.4 Å². The number of ether oxygens (including phenoxy) is 2. The van der Waals surface area contributed by atoms with E-state index in [9.17, 15) is 18.3 Å². The van der Waals surface area contributed by atoms with Gasteiger partial charge in [-0.15, -0.1) is 10.2 Å². The lowest BCUT2D eigenvalue weighted by molar-refractivity contribution is -0.145. The monoisotopic (exact) mass is 509 g/mol. The minimum Gasteiger partial charge on any atom is -0.396 e. The van der Waals surface area contributed by atoms with Gasteiger partial charge in [-0.2, -0.15) is 13.2 Å². The zero-order chi connectivity index (χ0) is 25.5. The van der Waals surface area contributed by atoms with Gasteiger partial charge in [0, 0.05) is 32.8 Å². The summed E-state index contributed by atoms with van der Waals surface area (Å²) in [5.74, 6) is 0.925. The molecule has 13 heteroatoms. The molecule has 196 valence electrons. The maximum atomic E-state index is 13.1. The summed E-state index contributed by atoms with van der Waals surface area (Å²) >= 11 is 0. The highest BCUT2D eigenvalue weighted by molar-refractivity contribution is 5.47. The molecule has 0 unspecified atom stereocenters. The molecular formula is C23H30F3N7O3. The molecule has 36 heavy (non-hydrogen) atoms. The van der Waals surface area contributed by atoms with Gasteiger partial charge in [0.25, 0.3) is 0 Å². The number of hydrogen-bond acceptors (Lipinski definition) is 10. The van der Waals surface area contributed by atoms with Gasteiger partial charge in [-0.1, -0.05) is 0 Å². The van der Waals surface area contributed by atoms with E-state index in [1.165, 1.54) is 6.20 Å². The zero-order valence-corrected chi connectivity index (χ0v) is 20.1. The molecule has 3 saturated heterocycles. The maximum Gasteiger partial charge on any atom is 0.434 e. The summed E-state index contributed by atoms with van der Waals surface area (Å²) in [5, 5.41) is 21.3.